The van der Waals surface area contributed by atoms with E-state index >= 15 is 0 Å². The van der Waals surface area contributed by atoms with Gasteiger partial charge in [-0.15, -0.1) is 0 Å². The molecule has 0 saturated heterocycles. The summed E-state index contributed by atoms with van der Waals surface area (Å²) in [7, 11) is 0. The third kappa shape index (κ3) is 2.75. The fourth-order valence-corrected chi connectivity index (χ4v) is 1.67. The lowest BCUT2D eigenvalue weighted by Gasteiger charge is -2.07. The van der Waals surface area contributed by atoms with Crippen molar-refractivity contribution in [1.29, 1.82) is 0 Å². The van der Waals surface area contributed by atoms with Crippen molar-refractivity contribution >= 4 is 34.8 Å². The quantitative estimate of drug-likeness (QED) is 0.863. The first kappa shape index (κ1) is 12.7. The van der Waals surface area contributed by atoms with Gasteiger partial charge in [0.1, 0.15) is 17.8 Å². The summed E-state index contributed by atoms with van der Waals surface area (Å²) in [6.07, 6.45) is 1.17. The Kier molecular flexibility index (Phi) is 3.74. The van der Waals surface area contributed by atoms with Gasteiger partial charge in [-0.1, -0.05) is 29.3 Å². The Morgan fingerprint density at radius 3 is 2.50 bits per heavy atom. The molecule has 1 N–H and O–H groups in total. The van der Waals surface area contributed by atoms with E-state index in [0.717, 1.165) is 6.07 Å². The van der Waals surface area contributed by atoms with E-state index in [0.29, 0.717) is 0 Å². The number of aromatic nitrogens is 2. The first-order valence-corrected chi connectivity index (χ1v) is 5.56. The van der Waals surface area contributed by atoms with Gasteiger partial charge in [0.05, 0.1) is 0 Å². The van der Waals surface area contributed by atoms with Crippen LogP contribution in [0.4, 0.5) is 10.1 Å². The van der Waals surface area contributed by atoms with E-state index < -0.39 is 11.7 Å². The zero-order valence-corrected chi connectivity index (χ0v) is 10.3. The maximum atomic E-state index is 13.0. The Labute approximate surface area is 112 Å². The summed E-state index contributed by atoms with van der Waals surface area (Å²) >= 11 is 11.5. The molecule has 0 radical (unpaired) electrons. The summed E-state index contributed by atoms with van der Waals surface area (Å²) in [6.45, 7) is 0. The molecule has 1 aromatic carbocycles. The molecule has 1 aromatic heterocycles. The maximum Gasteiger partial charge on any atom is 0.255 e. The van der Waals surface area contributed by atoms with Crippen molar-refractivity contribution < 1.29 is 9.18 Å². The van der Waals surface area contributed by atoms with Gasteiger partial charge in [0.15, 0.2) is 10.3 Å². The first-order valence-electron chi connectivity index (χ1n) is 4.81. The second kappa shape index (κ2) is 5.29. The molecule has 18 heavy (non-hydrogen) atoms. The highest BCUT2D eigenvalue weighted by molar-refractivity contribution is 6.38. The van der Waals surface area contributed by atoms with Crippen LogP contribution in [0.2, 0.25) is 10.3 Å². The lowest BCUT2D eigenvalue weighted by Crippen LogP contribution is -2.13. The van der Waals surface area contributed by atoms with Crippen LogP contribution in [0.1, 0.15) is 10.4 Å². The average Bonchev–Trinajstić information content (AvgIpc) is 2.34. The number of nitrogens with zero attached hydrogens (tertiary/aromatic N) is 2. The minimum Gasteiger partial charge on any atom is -0.317 e. The van der Waals surface area contributed by atoms with Gasteiger partial charge in [0.2, 0.25) is 0 Å². The van der Waals surface area contributed by atoms with Crippen LogP contribution in [-0.4, -0.2) is 15.9 Å². The number of benzene rings is 1. The Bertz CT molecular complexity index is 586. The van der Waals surface area contributed by atoms with E-state index in [4.69, 9.17) is 23.2 Å². The van der Waals surface area contributed by atoms with E-state index in [2.05, 4.69) is 15.3 Å². The maximum absolute atomic E-state index is 13.0. The number of carbonyl (C=O) groups excluding carboxylic acids is 1. The largest absolute Gasteiger partial charge is 0.317 e. The van der Waals surface area contributed by atoms with E-state index in [1.54, 1.807) is 0 Å². The number of nitrogens with one attached hydrogen (secondary N) is 1. The Hall–Kier alpha value is -1.72. The lowest BCUT2D eigenvalue weighted by molar-refractivity contribution is 0.102. The van der Waals surface area contributed by atoms with Crippen LogP contribution in [-0.2, 0) is 0 Å². The second-order valence-electron chi connectivity index (χ2n) is 3.29. The zero-order valence-electron chi connectivity index (χ0n) is 8.82. The zero-order chi connectivity index (χ0) is 13.1. The van der Waals surface area contributed by atoms with Crippen LogP contribution >= 0.6 is 23.2 Å². The molecule has 0 bridgehead atoms. The molecular weight excluding hydrogens is 280 g/mol. The summed E-state index contributed by atoms with van der Waals surface area (Å²) in [6, 6.07) is 5.22. The van der Waals surface area contributed by atoms with Crippen LogP contribution in [0.5, 0.6) is 0 Å². The van der Waals surface area contributed by atoms with Crippen molar-refractivity contribution in [1.82, 2.24) is 9.97 Å². The van der Waals surface area contributed by atoms with Gasteiger partial charge in [-0.3, -0.25) is 4.79 Å². The smallest absolute Gasteiger partial charge is 0.255 e. The van der Waals surface area contributed by atoms with E-state index in [1.807, 2.05) is 0 Å². The fraction of sp³-hybridized carbons (Fsp3) is 0. The Balaban J connectivity index is 2.27. The number of hydrogen-bond donors (Lipinski definition) is 1. The molecule has 2 aromatic rings. The van der Waals surface area contributed by atoms with Crippen molar-refractivity contribution in [2.24, 2.45) is 0 Å². The third-order valence-corrected chi connectivity index (χ3v) is 2.65. The summed E-state index contributed by atoms with van der Waals surface area (Å²) < 4.78 is 13.0. The fourth-order valence-electron chi connectivity index (χ4n) is 1.26. The normalized spacial score (nSPS) is 10.2. The van der Waals surface area contributed by atoms with Crippen molar-refractivity contribution in [3.63, 3.8) is 0 Å². The van der Waals surface area contributed by atoms with Gasteiger partial charge in [0.25, 0.3) is 5.91 Å². The molecule has 92 valence electrons. The molecule has 0 atom stereocenters. The highest BCUT2D eigenvalue weighted by atomic mass is 35.5. The number of hydrogen-bond acceptors (Lipinski definition) is 3. The average molecular weight is 286 g/mol. The third-order valence-electron chi connectivity index (χ3n) is 2.08. The molecule has 2 rings (SSSR count). The van der Waals surface area contributed by atoms with Gasteiger partial charge in [-0.2, -0.15) is 0 Å². The first-order chi connectivity index (χ1) is 8.58. The van der Waals surface area contributed by atoms with Crippen molar-refractivity contribution in [2.75, 3.05) is 5.32 Å². The topological polar surface area (TPSA) is 54.9 Å². The molecular formula is C11H6Cl2FN3O. The van der Waals surface area contributed by atoms with Crippen LogP contribution < -0.4 is 5.32 Å². The molecule has 4 nitrogen and oxygen atoms in total. The number of rotatable bonds is 2. The van der Waals surface area contributed by atoms with Crippen LogP contribution in [0.15, 0.2) is 30.6 Å². The lowest BCUT2D eigenvalue weighted by atomic mass is 10.2. The molecule has 0 aliphatic heterocycles. The number of anilines is 1. The van der Waals surface area contributed by atoms with Gasteiger partial charge < -0.3 is 5.32 Å². The van der Waals surface area contributed by atoms with E-state index in [-0.39, 0.29) is 21.6 Å². The Morgan fingerprint density at radius 1 is 1.22 bits per heavy atom. The minimum atomic E-state index is -0.548. The van der Waals surface area contributed by atoms with Gasteiger partial charge in [-0.05, 0) is 18.2 Å². The van der Waals surface area contributed by atoms with Crippen LogP contribution in [0.25, 0.3) is 0 Å². The van der Waals surface area contributed by atoms with Crippen LogP contribution in [0.3, 0.4) is 0 Å². The molecule has 7 heteroatoms. The summed E-state index contributed by atoms with van der Waals surface area (Å²) in [4.78, 5) is 19.2. The molecule has 1 heterocycles. The van der Waals surface area contributed by atoms with E-state index in [9.17, 15) is 9.18 Å². The number of carbonyl (C=O) groups is 1. The number of halogens is 3. The predicted octanol–water partition coefficient (Wildman–Crippen LogP) is 3.17. The van der Waals surface area contributed by atoms with Crippen LogP contribution in [0, 0.1) is 5.82 Å². The highest BCUT2D eigenvalue weighted by Crippen LogP contribution is 2.26. The predicted molar refractivity (Wildman–Crippen MR) is 66.4 cm³/mol. The van der Waals surface area contributed by atoms with Gasteiger partial charge in [0, 0.05) is 5.56 Å². The summed E-state index contributed by atoms with van der Waals surface area (Å²) in [5.41, 5.74) is 0.237. The van der Waals surface area contributed by atoms with Crippen molar-refractivity contribution in [3.05, 3.63) is 52.3 Å². The molecule has 0 spiro atoms. The molecule has 1 amide bonds. The second-order valence-corrected chi connectivity index (χ2v) is 4.01. The number of amides is 1. The molecule has 0 fully saturated rings. The summed E-state index contributed by atoms with van der Waals surface area (Å²) in [5, 5.41) is 2.45. The summed E-state index contributed by atoms with van der Waals surface area (Å²) in [5.74, 6) is -1.06. The SMILES string of the molecule is O=C(Nc1c(Cl)ncnc1Cl)c1cccc(F)c1. The van der Waals surface area contributed by atoms with Gasteiger partial charge in [-0.25, -0.2) is 14.4 Å². The molecule has 0 unspecified atom stereocenters. The highest BCUT2D eigenvalue weighted by Gasteiger charge is 2.13. The Morgan fingerprint density at radius 2 is 1.89 bits per heavy atom. The van der Waals surface area contributed by atoms with Gasteiger partial charge >= 0.3 is 0 Å². The molecule has 0 saturated carbocycles. The monoisotopic (exact) mass is 285 g/mol. The van der Waals surface area contributed by atoms with Crippen molar-refractivity contribution in [3.8, 4) is 0 Å². The van der Waals surface area contributed by atoms with E-state index in [1.165, 1.54) is 24.5 Å². The minimum absolute atomic E-state index is 0.0137. The molecule has 0 aliphatic rings. The molecule has 0 aliphatic carbocycles. The van der Waals surface area contributed by atoms with Crippen molar-refractivity contribution in [2.45, 2.75) is 0 Å². The standard InChI is InChI=1S/C11H6Cl2FN3O/c12-9-8(10(13)16-5-15-9)17-11(18)6-2-1-3-7(14)4-6/h1-5H,(H,17,18).